The first-order valence-corrected chi connectivity index (χ1v) is 24.5. The number of allylic oxidation sites excluding steroid dienone is 1. The molecule has 12 N–H and O–H groups in total. The van der Waals surface area contributed by atoms with E-state index in [-0.39, 0.29) is 83.8 Å². The van der Waals surface area contributed by atoms with E-state index in [0.717, 1.165) is 42.0 Å². The number of anilines is 2. The van der Waals surface area contributed by atoms with Crippen molar-refractivity contribution < 1.29 is 72.6 Å². The van der Waals surface area contributed by atoms with Crippen molar-refractivity contribution in [1.82, 2.24) is 41.2 Å². The van der Waals surface area contributed by atoms with Crippen LogP contribution in [0.2, 0.25) is 0 Å². The molecule has 3 aliphatic heterocycles. The fourth-order valence-electron chi connectivity index (χ4n) is 6.51. The van der Waals surface area contributed by atoms with E-state index in [1.54, 1.807) is 66.7 Å². The number of nitrogen functional groups attached to an aromatic ring is 2. The van der Waals surface area contributed by atoms with Gasteiger partial charge in [-0.25, -0.2) is 14.4 Å². The van der Waals surface area contributed by atoms with E-state index < -0.39 is 52.7 Å². The standard InChI is InChI=1S/C12H9BrN4O3.C12H12BrN3O3.C8H4BrNO3.C7H6BrNO2.C6H10N2O.HNO2.Na/c13-6-1-2-8-7(5-6)12(20)17(16-15-8)9-3-4-10(18)14-11(9)19;13-6-1-2-8(14)7(5-6)11(18)15-9-3-4-10(17)16-12(9)19;9-4-1-2-6-5(3-4)7(11)13-8(12)10-6;8-4-1-2-6(9)5(3-4)7(10)11;1-4-2-3-5(7)6(9)8-4;2-1-3;/h1-2,5,9H,3-4H2,(H,14,18,19);1-2,5,9H,3-4,14H2,(H,15,18)(H,16,17,19);1-3H,(H,10,12);1-3H,9H2,(H,10,11);5H,1-3,7H2,(H,8,9);(H,2,3);/q;;;;;;+1/p-1. The van der Waals surface area contributed by atoms with Gasteiger partial charge < -0.3 is 47.5 Å². The summed E-state index contributed by atoms with van der Waals surface area (Å²) in [6.45, 7) is 3.61. The summed E-state index contributed by atoms with van der Waals surface area (Å²) in [6.07, 6.45) is 2.48. The predicted octanol–water partition coefficient (Wildman–Crippen LogP) is 1.06. The summed E-state index contributed by atoms with van der Waals surface area (Å²) in [4.78, 5) is 123. The van der Waals surface area contributed by atoms with Gasteiger partial charge in [0.05, 0.1) is 33.5 Å². The van der Waals surface area contributed by atoms with E-state index in [1.807, 2.05) is 0 Å². The van der Waals surface area contributed by atoms with Gasteiger partial charge in [-0.2, -0.15) is 4.68 Å². The summed E-state index contributed by atoms with van der Waals surface area (Å²) >= 11 is 12.9. The summed E-state index contributed by atoms with van der Waals surface area (Å²) in [7, 11) is 0. The number of amides is 6. The Hall–Kier alpha value is -6.80. The average molecular weight is 1320 g/mol. The van der Waals surface area contributed by atoms with Crippen LogP contribution in [0.1, 0.15) is 65.3 Å². The minimum Gasteiger partial charge on any atom is -0.478 e. The molecule has 3 saturated heterocycles. The van der Waals surface area contributed by atoms with Crippen LogP contribution in [0, 0.1) is 10.1 Å². The first-order chi connectivity index (χ1) is 35.4. The molecule has 9 rings (SSSR count). The topological polar surface area (TPSA) is 429 Å². The molecule has 0 spiro atoms. The summed E-state index contributed by atoms with van der Waals surface area (Å²) in [5, 5.41) is 35.6. The molecule has 3 unspecified atom stereocenters. The van der Waals surface area contributed by atoms with Gasteiger partial charge in [-0.15, -0.1) is 10.4 Å². The van der Waals surface area contributed by atoms with Crippen LogP contribution in [-0.4, -0.2) is 78.6 Å². The number of carbonyl (C=O) groups excluding carboxylic acids is 6. The van der Waals surface area contributed by atoms with E-state index in [4.69, 9.17) is 32.4 Å². The number of aromatic nitrogens is 4. The number of halogens is 4. The Morgan fingerprint density at radius 2 is 1.26 bits per heavy atom. The number of H-pyrrole nitrogens is 1. The third-order valence-corrected chi connectivity index (χ3v) is 12.2. The van der Waals surface area contributed by atoms with Gasteiger partial charge in [-0.3, -0.25) is 49.2 Å². The van der Waals surface area contributed by atoms with Crippen molar-refractivity contribution in [2.24, 2.45) is 11.1 Å². The van der Waals surface area contributed by atoms with Crippen molar-refractivity contribution in [3.05, 3.63) is 156 Å². The number of benzene rings is 4. The Morgan fingerprint density at radius 1 is 0.737 bits per heavy atom. The maximum atomic E-state index is 12.4. The van der Waals surface area contributed by atoms with Crippen LogP contribution in [0.3, 0.4) is 0 Å². The molecular weight excluding hydrogens is 1280 g/mol. The minimum atomic E-state index is -1.01. The normalized spacial score (nSPS) is 16.4. The maximum Gasteiger partial charge on any atom is 1.00 e. The van der Waals surface area contributed by atoms with Crippen molar-refractivity contribution in [3.8, 4) is 0 Å². The number of nitrogens with one attached hydrogen (secondary N) is 5. The summed E-state index contributed by atoms with van der Waals surface area (Å²) < 4.78 is 8.33. The number of imide groups is 2. The molecule has 76 heavy (non-hydrogen) atoms. The Morgan fingerprint density at radius 3 is 1.82 bits per heavy atom. The van der Waals surface area contributed by atoms with Crippen LogP contribution in [-0.2, 0) is 24.0 Å². The molecule has 0 aliphatic carbocycles. The van der Waals surface area contributed by atoms with Gasteiger partial charge in [0.1, 0.15) is 17.6 Å². The molecule has 0 bridgehead atoms. The molecule has 31 heteroatoms. The van der Waals surface area contributed by atoms with Gasteiger partial charge >= 0.3 is 46.9 Å². The molecule has 6 aromatic rings. The average Bonchev–Trinajstić information content (AvgIpc) is 3.34. The third-order valence-electron chi connectivity index (χ3n) is 10.2. The van der Waals surface area contributed by atoms with Gasteiger partial charge in [0.15, 0.2) is 0 Å². The molecule has 394 valence electrons. The van der Waals surface area contributed by atoms with Crippen molar-refractivity contribution in [2.45, 2.75) is 56.7 Å². The number of hydrogen-bond acceptors (Lipinski definition) is 19. The fraction of sp³-hybridized carbons (Fsp3) is 0.200. The van der Waals surface area contributed by atoms with E-state index in [2.05, 4.69) is 111 Å². The molecule has 0 saturated carbocycles. The fourth-order valence-corrected chi connectivity index (χ4v) is 7.96. The molecule has 4 aromatic carbocycles. The van der Waals surface area contributed by atoms with Gasteiger partial charge in [-0.05, 0) is 98.5 Å². The van der Waals surface area contributed by atoms with Crippen LogP contribution >= 0.6 is 63.7 Å². The Labute approximate surface area is 483 Å². The number of hydrogen-bond donors (Lipinski definition) is 9. The zero-order valence-electron chi connectivity index (χ0n) is 39.4. The van der Waals surface area contributed by atoms with Gasteiger partial charge in [-0.1, -0.05) is 75.5 Å². The Balaban J connectivity index is 0.000000253. The zero-order chi connectivity index (χ0) is 55.7. The minimum absolute atomic E-state index is 0. The maximum absolute atomic E-state index is 12.4. The smallest absolute Gasteiger partial charge is 0.478 e. The summed E-state index contributed by atoms with van der Waals surface area (Å²) in [5.74, 6) is -3.96. The number of carboxylic acids is 1. The van der Waals surface area contributed by atoms with Crippen molar-refractivity contribution in [1.29, 1.82) is 0 Å². The summed E-state index contributed by atoms with van der Waals surface area (Å²) in [5.41, 5.74) is 18.2. The van der Waals surface area contributed by atoms with Crippen LogP contribution < -0.4 is 85.0 Å². The quantitative estimate of drug-likeness (QED) is 0.0392. The SMILES string of the molecule is C=C1CCC(N)C(=O)N1.Nc1ccc(Br)cc1C(=O)NC1CCC(=O)NC1=O.Nc1ccc(Br)cc1C(=O)O.O=C1CCC(n2nnc3ccc(Br)cc3c2=O)C(=O)N1.O=N[O-].O=c1[nH]c2ccc(Br)cc2c(=O)o1.[Na+]. The number of carboxylic acid groups (broad SMARTS) is 1. The molecule has 2 aromatic heterocycles. The Bertz CT molecular complexity index is 3400. The molecule has 3 aliphatic rings. The van der Waals surface area contributed by atoms with Crippen LogP contribution in [0.4, 0.5) is 11.4 Å². The number of nitrogens with two attached hydrogens (primary N) is 3. The Kier molecular flexibility index (Phi) is 25.1. The van der Waals surface area contributed by atoms with Crippen LogP contribution in [0.25, 0.3) is 21.8 Å². The molecule has 0 radical (unpaired) electrons. The second-order valence-corrected chi connectivity index (χ2v) is 19.2. The van der Waals surface area contributed by atoms with Crippen LogP contribution in [0.5, 0.6) is 0 Å². The second kappa shape index (κ2) is 30.1. The first-order valence-electron chi connectivity index (χ1n) is 21.3. The first kappa shape index (κ1) is 63.5. The van der Waals surface area contributed by atoms with E-state index >= 15 is 0 Å². The zero-order valence-corrected chi connectivity index (χ0v) is 47.7. The number of aromatic carboxylic acids is 1. The number of rotatable bonds is 4. The molecule has 5 heterocycles. The van der Waals surface area contributed by atoms with Gasteiger partial charge in [0.25, 0.3) is 17.4 Å². The number of nitrogens with zero attached hydrogens (tertiary/aromatic N) is 4. The molecular formula is C45H41Br4N12NaO14. The molecule has 3 atom stereocenters. The van der Waals surface area contributed by atoms with E-state index in [1.165, 1.54) is 6.07 Å². The van der Waals surface area contributed by atoms with Crippen molar-refractivity contribution >= 4 is 138 Å². The molecule has 26 nitrogen and oxygen atoms in total. The van der Waals surface area contributed by atoms with E-state index in [0.29, 0.717) is 44.0 Å². The summed E-state index contributed by atoms with van der Waals surface area (Å²) in [6, 6.07) is 17.8. The molecule has 3 fully saturated rings. The van der Waals surface area contributed by atoms with Gasteiger partial charge in [0, 0.05) is 47.8 Å². The largest absolute Gasteiger partial charge is 1.00 e. The van der Waals surface area contributed by atoms with Gasteiger partial charge in [0.2, 0.25) is 23.6 Å². The third kappa shape index (κ3) is 18.8. The van der Waals surface area contributed by atoms with Crippen LogP contribution in [0.15, 0.2) is 127 Å². The van der Waals surface area contributed by atoms with Crippen molar-refractivity contribution in [2.75, 3.05) is 11.5 Å². The number of fused-ring (bicyclic) bond motifs is 2. The molecule has 6 amide bonds. The monoisotopic (exact) mass is 1310 g/mol. The number of piperidine rings is 3. The van der Waals surface area contributed by atoms with Crippen molar-refractivity contribution in [3.63, 3.8) is 0 Å². The second-order valence-electron chi connectivity index (χ2n) is 15.5. The number of aromatic amines is 1. The predicted molar refractivity (Wildman–Crippen MR) is 285 cm³/mol. The van der Waals surface area contributed by atoms with E-state index in [9.17, 15) is 47.9 Å². The number of carbonyl (C=O) groups is 7.